The molecule has 0 fully saturated rings. The number of benzene rings is 1. The molecule has 0 bridgehead atoms. The molecule has 0 unspecified atom stereocenters. The second-order valence-corrected chi connectivity index (χ2v) is 4.68. The van der Waals surface area contributed by atoms with Crippen LogP contribution < -0.4 is 5.32 Å². The van der Waals surface area contributed by atoms with Gasteiger partial charge in [0.05, 0.1) is 22.0 Å². The average molecular weight is 269 g/mol. The molecule has 1 heterocycles. The van der Waals surface area contributed by atoms with Gasteiger partial charge in [-0.2, -0.15) is 0 Å². The minimum Gasteiger partial charge on any atom is -0.478 e. The van der Waals surface area contributed by atoms with E-state index in [2.05, 4.69) is 10.3 Å². The summed E-state index contributed by atoms with van der Waals surface area (Å²) in [5, 5.41) is 14.9. The summed E-state index contributed by atoms with van der Waals surface area (Å²) in [5.41, 5.74) is 1.73. The van der Waals surface area contributed by atoms with Gasteiger partial charge in [-0.3, -0.25) is 0 Å². The first kappa shape index (κ1) is 11.9. The van der Waals surface area contributed by atoms with Gasteiger partial charge in [-0.25, -0.2) is 9.78 Å². The maximum Gasteiger partial charge on any atom is 0.335 e. The fourth-order valence-corrected chi connectivity index (χ4v) is 2.20. The van der Waals surface area contributed by atoms with Crippen LogP contribution in [0.1, 0.15) is 16.1 Å². The molecule has 0 spiro atoms. The number of aryl methyl sites for hydroxylation is 1. The number of aromatic nitrogens is 1. The molecule has 88 valence electrons. The SMILES string of the molecule is Cc1csc(Nc2ccc(C(=O)O)cc2Cl)n1. The smallest absolute Gasteiger partial charge is 0.335 e. The molecule has 0 aliphatic rings. The van der Waals surface area contributed by atoms with Gasteiger partial charge < -0.3 is 10.4 Å². The fraction of sp³-hybridized carbons (Fsp3) is 0.0909. The Morgan fingerprint density at radius 2 is 2.29 bits per heavy atom. The zero-order valence-electron chi connectivity index (χ0n) is 8.90. The number of thiazole rings is 1. The molecule has 0 amide bonds. The number of carboxylic acid groups (broad SMARTS) is 1. The Morgan fingerprint density at radius 3 is 2.82 bits per heavy atom. The summed E-state index contributed by atoms with van der Waals surface area (Å²) >= 11 is 7.45. The number of hydrogen-bond acceptors (Lipinski definition) is 4. The molecule has 2 rings (SSSR count). The third-order valence-corrected chi connectivity index (χ3v) is 3.26. The molecule has 0 aliphatic heterocycles. The van der Waals surface area contributed by atoms with Gasteiger partial charge in [0.25, 0.3) is 0 Å². The van der Waals surface area contributed by atoms with E-state index in [9.17, 15) is 4.79 Å². The first-order valence-corrected chi connectivity index (χ1v) is 6.04. The number of rotatable bonds is 3. The van der Waals surface area contributed by atoms with E-state index in [0.717, 1.165) is 10.8 Å². The van der Waals surface area contributed by atoms with Gasteiger partial charge in [-0.15, -0.1) is 11.3 Å². The van der Waals surface area contributed by atoms with Gasteiger partial charge in [0.1, 0.15) is 0 Å². The number of carboxylic acids is 1. The van der Waals surface area contributed by atoms with Crippen LogP contribution >= 0.6 is 22.9 Å². The number of nitrogens with zero attached hydrogens (tertiary/aromatic N) is 1. The summed E-state index contributed by atoms with van der Waals surface area (Å²) in [5.74, 6) is -0.997. The van der Waals surface area contributed by atoms with E-state index in [-0.39, 0.29) is 5.56 Å². The van der Waals surface area contributed by atoms with Crippen molar-refractivity contribution in [2.75, 3.05) is 5.32 Å². The minimum atomic E-state index is -0.997. The molecular weight excluding hydrogens is 260 g/mol. The van der Waals surface area contributed by atoms with E-state index in [1.54, 1.807) is 6.07 Å². The number of halogens is 1. The lowest BCUT2D eigenvalue weighted by atomic mass is 10.2. The maximum atomic E-state index is 10.7. The van der Waals surface area contributed by atoms with Crippen molar-refractivity contribution in [2.24, 2.45) is 0 Å². The number of hydrogen-bond donors (Lipinski definition) is 2. The highest BCUT2D eigenvalue weighted by atomic mass is 35.5. The third-order valence-electron chi connectivity index (χ3n) is 2.08. The van der Waals surface area contributed by atoms with Crippen LogP contribution in [-0.4, -0.2) is 16.1 Å². The summed E-state index contributed by atoms with van der Waals surface area (Å²) in [6.07, 6.45) is 0. The summed E-state index contributed by atoms with van der Waals surface area (Å²) in [4.78, 5) is 15.0. The van der Waals surface area contributed by atoms with Crippen LogP contribution in [0.15, 0.2) is 23.6 Å². The summed E-state index contributed by atoms with van der Waals surface area (Å²) in [6, 6.07) is 4.53. The molecule has 0 atom stereocenters. The molecule has 0 saturated carbocycles. The topological polar surface area (TPSA) is 62.2 Å². The van der Waals surface area contributed by atoms with E-state index < -0.39 is 5.97 Å². The van der Waals surface area contributed by atoms with Crippen LogP contribution in [0.4, 0.5) is 10.8 Å². The molecule has 0 radical (unpaired) electrons. The molecule has 17 heavy (non-hydrogen) atoms. The molecule has 0 aliphatic carbocycles. The number of carbonyl (C=O) groups is 1. The van der Waals surface area contributed by atoms with Crippen molar-refractivity contribution < 1.29 is 9.90 Å². The van der Waals surface area contributed by atoms with E-state index in [4.69, 9.17) is 16.7 Å². The molecule has 2 aromatic rings. The lowest BCUT2D eigenvalue weighted by Crippen LogP contribution is -1.97. The average Bonchev–Trinajstić information content (AvgIpc) is 2.67. The molecule has 6 heteroatoms. The Morgan fingerprint density at radius 1 is 1.53 bits per heavy atom. The van der Waals surface area contributed by atoms with Crippen molar-refractivity contribution in [1.82, 2.24) is 4.98 Å². The van der Waals surface area contributed by atoms with Gasteiger partial charge >= 0.3 is 5.97 Å². The standard InChI is InChI=1S/C11H9ClN2O2S/c1-6-5-17-11(13-6)14-9-3-2-7(10(15)16)4-8(9)12/h2-5H,1H3,(H,13,14)(H,15,16). The van der Waals surface area contributed by atoms with E-state index in [1.807, 2.05) is 12.3 Å². The minimum absolute atomic E-state index is 0.163. The first-order chi connectivity index (χ1) is 8.06. The normalized spacial score (nSPS) is 10.2. The monoisotopic (exact) mass is 268 g/mol. The van der Waals surface area contributed by atoms with Gasteiger partial charge in [-0.05, 0) is 25.1 Å². The van der Waals surface area contributed by atoms with Crippen molar-refractivity contribution in [1.29, 1.82) is 0 Å². The van der Waals surface area contributed by atoms with Gasteiger partial charge in [0.15, 0.2) is 5.13 Å². The highest BCUT2D eigenvalue weighted by Crippen LogP contribution is 2.27. The van der Waals surface area contributed by atoms with Gasteiger partial charge in [-0.1, -0.05) is 11.6 Å². The van der Waals surface area contributed by atoms with Crippen molar-refractivity contribution in [3.8, 4) is 0 Å². The molecule has 1 aromatic heterocycles. The number of nitrogens with one attached hydrogen (secondary N) is 1. The zero-order valence-corrected chi connectivity index (χ0v) is 10.5. The summed E-state index contributed by atoms with van der Waals surface area (Å²) in [6.45, 7) is 1.90. The third kappa shape index (κ3) is 2.75. The first-order valence-electron chi connectivity index (χ1n) is 4.78. The molecule has 1 aromatic carbocycles. The molecular formula is C11H9ClN2O2S. The van der Waals surface area contributed by atoms with Crippen molar-refractivity contribution in [2.45, 2.75) is 6.92 Å². The van der Waals surface area contributed by atoms with Crippen LogP contribution in [0, 0.1) is 6.92 Å². The fourth-order valence-electron chi connectivity index (χ4n) is 1.28. The molecule has 2 N–H and O–H groups in total. The largest absolute Gasteiger partial charge is 0.478 e. The van der Waals surface area contributed by atoms with Crippen molar-refractivity contribution in [3.63, 3.8) is 0 Å². The Balaban J connectivity index is 2.25. The maximum absolute atomic E-state index is 10.7. The quantitative estimate of drug-likeness (QED) is 0.894. The van der Waals surface area contributed by atoms with E-state index >= 15 is 0 Å². The zero-order chi connectivity index (χ0) is 12.4. The van der Waals surface area contributed by atoms with Gasteiger partial charge in [0, 0.05) is 5.38 Å². The summed E-state index contributed by atoms with van der Waals surface area (Å²) in [7, 11) is 0. The molecule has 0 saturated heterocycles. The number of anilines is 2. The lowest BCUT2D eigenvalue weighted by Gasteiger charge is -2.05. The van der Waals surface area contributed by atoms with Crippen molar-refractivity contribution >= 4 is 39.7 Å². The second kappa shape index (κ2) is 4.73. The molecule has 4 nitrogen and oxygen atoms in total. The van der Waals surface area contributed by atoms with Crippen LogP contribution in [0.2, 0.25) is 5.02 Å². The Hall–Kier alpha value is -1.59. The summed E-state index contributed by atoms with van der Waals surface area (Å²) < 4.78 is 0. The predicted molar refractivity (Wildman–Crippen MR) is 68.5 cm³/mol. The van der Waals surface area contributed by atoms with E-state index in [0.29, 0.717) is 10.7 Å². The van der Waals surface area contributed by atoms with Crippen LogP contribution in [0.25, 0.3) is 0 Å². The van der Waals surface area contributed by atoms with E-state index in [1.165, 1.54) is 23.5 Å². The second-order valence-electron chi connectivity index (χ2n) is 3.42. The van der Waals surface area contributed by atoms with Crippen LogP contribution in [0.3, 0.4) is 0 Å². The Bertz CT molecular complexity index is 568. The van der Waals surface area contributed by atoms with Crippen molar-refractivity contribution in [3.05, 3.63) is 39.9 Å². The highest BCUT2D eigenvalue weighted by molar-refractivity contribution is 7.13. The highest BCUT2D eigenvalue weighted by Gasteiger charge is 2.08. The van der Waals surface area contributed by atoms with Gasteiger partial charge in [0.2, 0.25) is 0 Å². The Kier molecular flexibility index (Phi) is 3.31. The number of aromatic carboxylic acids is 1. The van der Waals surface area contributed by atoms with Crippen LogP contribution in [-0.2, 0) is 0 Å². The lowest BCUT2D eigenvalue weighted by molar-refractivity contribution is 0.0697. The van der Waals surface area contributed by atoms with Crippen LogP contribution in [0.5, 0.6) is 0 Å². The predicted octanol–water partition coefficient (Wildman–Crippen LogP) is 3.55. The Labute approximate surface area is 107 Å².